The standard InChI is InChI=1S/C25H24FN5O/c1-14-6-15(2)8-16(7-14)17-9-22(32)31(11-17)18-4-5-19(21(26)10-18)20-12-30(3)25-23(20)24(27)28-13-29-25/h4-8,10,12-13,17H,9,11H2,1-3H3,(H2,27,28,29). The topological polar surface area (TPSA) is 77.0 Å². The number of hydrogen-bond acceptors (Lipinski definition) is 4. The van der Waals surface area contributed by atoms with Crippen molar-refractivity contribution in [1.29, 1.82) is 0 Å². The first-order valence-corrected chi connectivity index (χ1v) is 10.6. The van der Waals surface area contributed by atoms with Gasteiger partial charge in [-0.15, -0.1) is 0 Å². The number of nitrogens with zero attached hydrogens (tertiary/aromatic N) is 4. The summed E-state index contributed by atoms with van der Waals surface area (Å²) in [4.78, 5) is 22.8. The van der Waals surface area contributed by atoms with Gasteiger partial charge in [0.05, 0.1) is 5.39 Å². The van der Waals surface area contributed by atoms with Crippen LogP contribution >= 0.6 is 0 Å². The van der Waals surface area contributed by atoms with Gasteiger partial charge in [0.2, 0.25) is 5.91 Å². The van der Waals surface area contributed by atoms with Crippen molar-refractivity contribution in [1.82, 2.24) is 14.5 Å². The van der Waals surface area contributed by atoms with Crippen LogP contribution in [0.25, 0.3) is 22.2 Å². The molecular weight excluding hydrogens is 405 g/mol. The molecule has 1 saturated heterocycles. The number of hydrogen-bond donors (Lipinski definition) is 1. The first-order chi connectivity index (χ1) is 15.3. The number of anilines is 2. The van der Waals surface area contributed by atoms with Gasteiger partial charge < -0.3 is 15.2 Å². The van der Waals surface area contributed by atoms with E-state index in [-0.39, 0.29) is 11.8 Å². The van der Waals surface area contributed by atoms with Gasteiger partial charge in [-0.25, -0.2) is 14.4 Å². The van der Waals surface area contributed by atoms with E-state index in [0.717, 1.165) is 5.56 Å². The van der Waals surface area contributed by atoms with Crippen LogP contribution < -0.4 is 10.6 Å². The van der Waals surface area contributed by atoms with Crippen molar-refractivity contribution in [3.8, 4) is 11.1 Å². The molecule has 1 fully saturated rings. The minimum atomic E-state index is -0.416. The van der Waals surface area contributed by atoms with Crippen molar-refractivity contribution in [3.05, 3.63) is 71.4 Å². The Balaban J connectivity index is 1.48. The van der Waals surface area contributed by atoms with Crippen molar-refractivity contribution in [3.63, 3.8) is 0 Å². The summed E-state index contributed by atoms with van der Waals surface area (Å²) < 4.78 is 17.1. The Labute approximate surface area is 185 Å². The largest absolute Gasteiger partial charge is 0.383 e. The number of carbonyl (C=O) groups is 1. The Morgan fingerprint density at radius 3 is 2.53 bits per heavy atom. The highest BCUT2D eigenvalue weighted by molar-refractivity contribution is 6.01. The summed E-state index contributed by atoms with van der Waals surface area (Å²) in [5.41, 5.74) is 11.8. The predicted octanol–water partition coefficient (Wildman–Crippen LogP) is 4.49. The van der Waals surface area contributed by atoms with Gasteiger partial charge in [0.15, 0.2) is 0 Å². The second-order valence-electron chi connectivity index (χ2n) is 8.60. The molecule has 32 heavy (non-hydrogen) atoms. The van der Waals surface area contributed by atoms with Crippen molar-refractivity contribution in [2.24, 2.45) is 7.05 Å². The fourth-order valence-corrected chi connectivity index (χ4v) is 4.76. The van der Waals surface area contributed by atoms with Crippen molar-refractivity contribution < 1.29 is 9.18 Å². The second kappa shape index (κ2) is 7.44. The van der Waals surface area contributed by atoms with E-state index in [1.165, 1.54) is 23.5 Å². The lowest BCUT2D eigenvalue weighted by molar-refractivity contribution is -0.117. The number of fused-ring (bicyclic) bond motifs is 1. The van der Waals surface area contributed by atoms with Crippen LogP contribution in [0.1, 0.15) is 29.0 Å². The summed E-state index contributed by atoms with van der Waals surface area (Å²) in [6, 6.07) is 11.3. The number of amides is 1. The fourth-order valence-electron chi connectivity index (χ4n) is 4.76. The Hall–Kier alpha value is -3.74. The van der Waals surface area contributed by atoms with E-state index in [0.29, 0.717) is 46.6 Å². The number of aryl methyl sites for hydroxylation is 3. The van der Waals surface area contributed by atoms with Gasteiger partial charge in [-0.1, -0.05) is 29.3 Å². The molecule has 0 saturated carbocycles. The van der Waals surface area contributed by atoms with Gasteiger partial charge in [-0.05, 0) is 37.6 Å². The number of halogens is 1. The Morgan fingerprint density at radius 1 is 1.06 bits per heavy atom. The van der Waals surface area contributed by atoms with Crippen LogP contribution in [0.4, 0.5) is 15.9 Å². The lowest BCUT2D eigenvalue weighted by Gasteiger charge is -2.18. The summed E-state index contributed by atoms with van der Waals surface area (Å²) in [5.74, 6) is -0.0102. The molecule has 0 aliphatic carbocycles. The van der Waals surface area contributed by atoms with E-state index in [9.17, 15) is 4.79 Å². The highest BCUT2D eigenvalue weighted by Crippen LogP contribution is 2.37. The summed E-state index contributed by atoms with van der Waals surface area (Å²) in [5, 5.41) is 0.619. The Morgan fingerprint density at radius 2 is 1.81 bits per heavy atom. The van der Waals surface area contributed by atoms with Gasteiger partial charge in [0, 0.05) is 48.9 Å². The van der Waals surface area contributed by atoms with Crippen LogP contribution in [-0.4, -0.2) is 27.0 Å². The molecule has 1 unspecified atom stereocenters. The third-order valence-corrected chi connectivity index (χ3v) is 6.18. The molecule has 2 N–H and O–H groups in total. The quantitative estimate of drug-likeness (QED) is 0.520. The highest BCUT2D eigenvalue weighted by atomic mass is 19.1. The number of nitrogens with two attached hydrogens (primary N) is 1. The lowest BCUT2D eigenvalue weighted by Crippen LogP contribution is -2.24. The molecule has 7 heteroatoms. The monoisotopic (exact) mass is 429 g/mol. The Kier molecular flexibility index (Phi) is 4.69. The van der Waals surface area contributed by atoms with Crippen LogP contribution in [0.2, 0.25) is 0 Å². The van der Waals surface area contributed by atoms with Gasteiger partial charge >= 0.3 is 0 Å². The molecular formula is C25H24FN5O. The van der Waals surface area contributed by atoms with Crippen molar-refractivity contribution in [2.75, 3.05) is 17.2 Å². The summed E-state index contributed by atoms with van der Waals surface area (Å²) in [6.07, 6.45) is 3.61. The molecule has 2 aromatic carbocycles. The molecule has 1 atom stereocenters. The molecule has 0 bridgehead atoms. The summed E-state index contributed by atoms with van der Waals surface area (Å²) >= 11 is 0. The number of carbonyl (C=O) groups excluding carboxylic acids is 1. The highest BCUT2D eigenvalue weighted by Gasteiger charge is 2.32. The third-order valence-electron chi connectivity index (χ3n) is 6.18. The number of aromatic nitrogens is 3. The summed E-state index contributed by atoms with van der Waals surface area (Å²) in [7, 11) is 1.83. The normalized spacial score (nSPS) is 16.3. The van der Waals surface area contributed by atoms with E-state index in [1.54, 1.807) is 27.8 Å². The average molecular weight is 429 g/mol. The van der Waals surface area contributed by atoms with Crippen molar-refractivity contribution >= 4 is 28.4 Å². The zero-order valence-electron chi connectivity index (χ0n) is 18.3. The molecule has 1 amide bonds. The predicted molar refractivity (Wildman–Crippen MR) is 124 cm³/mol. The van der Waals surface area contributed by atoms with Gasteiger partial charge in [-0.2, -0.15) is 0 Å². The van der Waals surface area contributed by atoms with Crippen LogP contribution in [0.3, 0.4) is 0 Å². The maximum absolute atomic E-state index is 15.3. The molecule has 2 aromatic heterocycles. The van der Waals surface area contributed by atoms with E-state index < -0.39 is 5.82 Å². The number of benzene rings is 2. The molecule has 162 valence electrons. The zero-order chi connectivity index (χ0) is 22.6. The number of rotatable bonds is 3. The maximum Gasteiger partial charge on any atom is 0.227 e. The van der Waals surface area contributed by atoms with E-state index in [2.05, 4.69) is 42.0 Å². The van der Waals surface area contributed by atoms with Crippen molar-refractivity contribution in [2.45, 2.75) is 26.2 Å². The van der Waals surface area contributed by atoms with Crippen LogP contribution in [-0.2, 0) is 11.8 Å². The molecule has 0 radical (unpaired) electrons. The van der Waals surface area contributed by atoms with Gasteiger partial charge in [-0.3, -0.25) is 4.79 Å². The third kappa shape index (κ3) is 3.30. The maximum atomic E-state index is 15.3. The minimum Gasteiger partial charge on any atom is -0.383 e. The zero-order valence-corrected chi connectivity index (χ0v) is 18.3. The molecule has 1 aliphatic rings. The SMILES string of the molecule is Cc1cc(C)cc(C2CC(=O)N(c3ccc(-c4cn(C)c5ncnc(N)c45)c(F)c3)C2)c1. The average Bonchev–Trinajstić information content (AvgIpc) is 3.28. The van der Waals surface area contributed by atoms with Crippen LogP contribution in [0.15, 0.2) is 48.9 Å². The lowest BCUT2D eigenvalue weighted by atomic mass is 9.95. The van der Waals surface area contributed by atoms with Crippen LogP contribution in [0, 0.1) is 19.7 Å². The van der Waals surface area contributed by atoms with E-state index in [1.807, 2.05) is 7.05 Å². The molecule has 1 aliphatic heterocycles. The Bertz CT molecular complexity index is 1360. The first-order valence-electron chi connectivity index (χ1n) is 10.6. The van der Waals surface area contributed by atoms with Gasteiger partial charge in [0.1, 0.15) is 23.6 Å². The van der Waals surface area contributed by atoms with E-state index in [4.69, 9.17) is 5.73 Å². The first kappa shape index (κ1) is 20.2. The fraction of sp³-hybridized carbons (Fsp3) is 0.240. The molecule has 5 rings (SSSR count). The van der Waals surface area contributed by atoms with Gasteiger partial charge in [0.25, 0.3) is 0 Å². The number of nitrogen functional groups attached to an aromatic ring is 1. The van der Waals surface area contributed by atoms with Crippen LogP contribution in [0.5, 0.6) is 0 Å². The minimum absolute atomic E-state index is 0.00381. The molecule has 4 aromatic rings. The summed E-state index contributed by atoms with van der Waals surface area (Å²) in [6.45, 7) is 4.66. The molecule has 0 spiro atoms. The molecule has 3 heterocycles. The van der Waals surface area contributed by atoms with E-state index >= 15 is 4.39 Å². The second-order valence-corrected chi connectivity index (χ2v) is 8.60. The smallest absolute Gasteiger partial charge is 0.227 e. The molecule has 6 nitrogen and oxygen atoms in total.